The molecule has 0 aliphatic rings. The molecule has 1 aromatic rings. The van der Waals surface area contributed by atoms with Crippen molar-refractivity contribution in [3.8, 4) is 11.8 Å². The fourth-order valence-corrected chi connectivity index (χ4v) is 0.497. The molecular weight excluding hydrogens is 132 g/mol. The van der Waals surface area contributed by atoms with Gasteiger partial charge in [0, 0.05) is 0 Å². The summed E-state index contributed by atoms with van der Waals surface area (Å²) in [6.45, 7) is 0. The van der Waals surface area contributed by atoms with Crippen molar-refractivity contribution in [1.29, 1.82) is 0 Å². The summed E-state index contributed by atoms with van der Waals surface area (Å²) in [4.78, 5) is 7.41. The average Bonchev–Trinajstić information content (AvgIpc) is 2.05. The van der Waals surface area contributed by atoms with Crippen LogP contribution in [0.2, 0.25) is 0 Å². The van der Waals surface area contributed by atoms with E-state index in [4.69, 9.17) is 10.8 Å². The number of rotatable bonds is 2. The summed E-state index contributed by atoms with van der Waals surface area (Å²) >= 11 is 0. The average molecular weight is 141 g/mol. The van der Waals surface area contributed by atoms with E-state index in [0.717, 1.165) is 0 Å². The second kappa shape index (κ2) is 3.00. The summed E-state index contributed by atoms with van der Waals surface area (Å²) in [5.74, 6) is 0.439. The molecule has 0 spiro atoms. The Morgan fingerprint density at radius 2 is 1.80 bits per heavy atom. The van der Waals surface area contributed by atoms with E-state index in [9.17, 15) is 0 Å². The van der Waals surface area contributed by atoms with Gasteiger partial charge in [0.15, 0.2) is 0 Å². The smallest absolute Gasteiger partial charge is 0.219 e. The van der Waals surface area contributed by atoms with Crippen molar-refractivity contribution < 1.29 is 10.8 Å². The summed E-state index contributed by atoms with van der Waals surface area (Å²) in [6, 6.07) is 0.0671. The van der Waals surface area contributed by atoms with Crippen LogP contribution in [-0.4, -0.2) is 24.2 Å². The van der Waals surface area contributed by atoms with Crippen molar-refractivity contribution in [2.45, 2.75) is 0 Å². The molecule has 1 aromatic heterocycles. The van der Waals surface area contributed by atoms with Gasteiger partial charge >= 0.3 is 0 Å². The van der Waals surface area contributed by atoms with Gasteiger partial charge in [0.1, 0.15) is 6.33 Å². The Morgan fingerprint density at radius 1 is 1.30 bits per heavy atom. The molecule has 0 unspecified atom stereocenters. The minimum atomic E-state index is 0.0671. The van der Waals surface area contributed by atoms with E-state index in [-0.39, 0.29) is 17.8 Å². The van der Waals surface area contributed by atoms with E-state index in [1.54, 1.807) is 0 Å². The maximum absolute atomic E-state index is 7.37. The molecule has 4 nitrogen and oxygen atoms in total. The molecule has 0 saturated heterocycles. The summed E-state index contributed by atoms with van der Waals surface area (Å²) in [5.41, 5.74) is 0. The number of hydrogen-bond acceptors (Lipinski definition) is 4. The number of nitrogens with zero attached hydrogens (tertiary/aromatic N) is 2. The lowest BCUT2D eigenvalue weighted by molar-refractivity contribution is 0.371. The van der Waals surface area contributed by atoms with E-state index in [0.29, 0.717) is 0 Å². The zero-order valence-electron chi connectivity index (χ0n) is 6.79. The second-order valence-electron chi connectivity index (χ2n) is 1.52. The maximum Gasteiger partial charge on any atom is 0.219 e. The maximum atomic E-state index is 7.37. The van der Waals surface area contributed by atoms with Gasteiger partial charge in [0.25, 0.3) is 0 Å². The van der Waals surface area contributed by atoms with Crippen LogP contribution in [0.15, 0.2) is 12.4 Å². The number of hydrogen-bond donors (Lipinski definition) is 0. The molecule has 0 fully saturated rings. The molecule has 0 atom stereocenters. The monoisotopic (exact) mass is 141 g/mol. The van der Waals surface area contributed by atoms with Gasteiger partial charge in [-0.25, -0.2) is 9.97 Å². The normalized spacial score (nSPS) is 10.4. The predicted octanol–water partition coefficient (Wildman–Crippen LogP) is 0.494. The van der Waals surface area contributed by atoms with Gasteiger partial charge < -0.3 is 9.47 Å². The first-order chi connectivity index (χ1) is 5.29. The molecule has 1 heterocycles. The van der Waals surface area contributed by atoms with E-state index < -0.39 is 0 Å². The number of aromatic nitrogens is 2. The third-order valence-electron chi connectivity index (χ3n) is 0.951. The van der Waals surface area contributed by atoms with Gasteiger partial charge in [0.05, 0.1) is 21.6 Å². The molecule has 0 aliphatic carbocycles. The van der Waals surface area contributed by atoms with Crippen LogP contribution in [0.3, 0.4) is 0 Å². The van der Waals surface area contributed by atoms with E-state index >= 15 is 0 Å². The van der Waals surface area contributed by atoms with Gasteiger partial charge in [-0.05, 0) is 0 Å². The zero-order chi connectivity index (χ0) is 8.27. The Bertz CT molecular complexity index is 232. The summed E-state index contributed by atoms with van der Waals surface area (Å²) in [6.07, 6.45) is 1.29. The van der Waals surface area contributed by atoms with Crippen molar-refractivity contribution in [2.24, 2.45) is 0 Å². The molecule has 0 aromatic carbocycles. The predicted molar refractivity (Wildman–Crippen MR) is 35.1 cm³/mol. The largest absolute Gasteiger partial charge is 0.481 e. The van der Waals surface area contributed by atoms with Gasteiger partial charge in [-0.1, -0.05) is 0 Å². The highest BCUT2D eigenvalue weighted by Crippen LogP contribution is 2.10. The highest BCUT2D eigenvalue weighted by Gasteiger charge is 1.94. The zero-order valence-corrected chi connectivity index (χ0v) is 5.79. The molecule has 0 bridgehead atoms. The molecule has 0 radical (unpaired) electrons. The quantitative estimate of drug-likeness (QED) is 0.601. The summed E-state index contributed by atoms with van der Waals surface area (Å²) in [7, 11) is 2.89. The third kappa shape index (κ3) is 1.34. The Kier molecular flexibility index (Phi) is 1.64. The first-order valence-corrected chi connectivity index (χ1v) is 2.69. The van der Waals surface area contributed by atoms with Crippen LogP contribution in [0.1, 0.15) is 1.37 Å². The lowest BCUT2D eigenvalue weighted by Gasteiger charge is -1.99. The molecule has 1 rings (SSSR count). The first-order valence-electron chi connectivity index (χ1n) is 3.19. The SMILES string of the molecule is [2H]c1c(OC)ncnc1OC. The van der Waals surface area contributed by atoms with Crippen LogP contribution in [0.25, 0.3) is 0 Å². The highest BCUT2D eigenvalue weighted by molar-refractivity contribution is 5.17. The van der Waals surface area contributed by atoms with Gasteiger partial charge in [-0.2, -0.15) is 0 Å². The van der Waals surface area contributed by atoms with Gasteiger partial charge in [0.2, 0.25) is 11.8 Å². The van der Waals surface area contributed by atoms with Crippen molar-refractivity contribution >= 4 is 0 Å². The van der Waals surface area contributed by atoms with Crippen LogP contribution >= 0.6 is 0 Å². The molecular formula is C6H8N2O2. The second-order valence-corrected chi connectivity index (χ2v) is 1.52. The molecule has 54 valence electrons. The fraction of sp³-hybridized carbons (Fsp3) is 0.333. The van der Waals surface area contributed by atoms with E-state index in [2.05, 4.69) is 9.97 Å². The highest BCUT2D eigenvalue weighted by atomic mass is 16.5. The van der Waals surface area contributed by atoms with E-state index in [1.165, 1.54) is 20.5 Å². The van der Waals surface area contributed by atoms with E-state index in [1.807, 2.05) is 0 Å². The van der Waals surface area contributed by atoms with Gasteiger partial charge in [-0.3, -0.25) is 0 Å². The molecule has 0 N–H and O–H groups in total. The minimum absolute atomic E-state index is 0.0671. The molecule has 0 amide bonds. The minimum Gasteiger partial charge on any atom is -0.481 e. The molecule has 4 heteroatoms. The van der Waals surface area contributed by atoms with Crippen LogP contribution < -0.4 is 9.47 Å². The lowest BCUT2D eigenvalue weighted by atomic mass is 10.6. The van der Waals surface area contributed by atoms with Crippen molar-refractivity contribution in [3.63, 3.8) is 0 Å². The Hall–Kier alpha value is -1.32. The van der Waals surface area contributed by atoms with Crippen LogP contribution in [-0.2, 0) is 0 Å². The Labute approximate surface area is 60.2 Å². The topological polar surface area (TPSA) is 44.2 Å². The summed E-state index contributed by atoms with van der Waals surface area (Å²) in [5, 5.41) is 0. The van der Waals surface area contributed by atoms with Crippen molar-refractivity contribution in [2.75, 3.05) is 14.2 Å². The molecule has 0 saturated carbocycles. The standard InChI is InChI=1S/C6H8N2O2/c1-9-5-3-6(10-2)8-4-7-5/h3-4H,1-2H3/i3D. The van der Waals surface area contributed by atoms with Crippen LogP contribution in [0.5, 0.6) is 11.8 Å². The lowest BCUT2D eigenvalue weighted by Crippen LogP contribution is -1.91. The van der Waals surface area contributed by atoms with Crippen LogP contribution in [0.4, 0.5) is 0 Å². The number of methoxy groups -OCH3 is 2. The third-order valence-corrected chi connectivity index (χ3v) is 0.951. The molecule has 10 heavy (non-hydrogen) atoms. The fourth-order valence-electron chi connectivity index (χ4n) is 0.497. The van der Waals surface area contributed by atoms with Crippen LogP contribution in [0, 0.1) is 0 Å². The molecule has 0 aliphatic heterocycles. The Balaban J connectivity index is 3.10. The summed E-state index contributed by atoms with van der Waals surface area (Å²) < 4.78 is 16.9. The number of ether oxygens (including phenoxy) is 2. The van der Waals surface area contributed by atoms with Gasteiger partial charge in [-0.15, -0.1) is 0 Å². The van der Waals surface area contributed by atoms with Crippen molar-refractivity contribution in [3.05, 3.63) is 12.4 Å². The van der Waals surface area contributed by atoms with Crippen molar-refractivity contribution in [1.82, 2.24) is 9.97 Å². The first kappa shape index (κ1) is 5.46. The Morgan fingerprint density at radius 3 is 2.20 bits per heavy atom.